The third-order valence-electron chi connectivity index (χ3n) is 4.69. The van der Waals surface area contributed by atoms with Crippen molar-refractivity contribution in [1.82, 2.24) is 4.90 Å². The predicted octanol–water partition coefficient (Wildman–Crippen LogP) is 3.43. The number of carbonyl (C=O) groups excluding carboxylic acids is 1. The van der Waals surface area contributed by atoms with Crippen LogP contribution in [0.1, 0.15) is 28.8 Å². The molecule has 0 atom stereocenters. The molecule has 3 N–H and O–H groups in total. The first-order valence-electron chi connectivity index (χ1n) is 8.34. The number of phenolic OH excluding ortho intramolecular Hbond substituents is 2. The molecule has 6 heteroatoms. The minimum atomic E-state index is -0.895. The van der Waals surface area contributed by atoms with E-state index in [9.17, 15) is 20.1 Å². The van der Waals surface area contributed by atoms with E-state index in [0.717, 1.165) is 11.6 Å². The molecule has 0 unspecified atom stereocenters. The average Bonchev–Trinajstić information content (AvgIpc) is 2.61. The van der Waals surface area contributed by atoms with Crippen molar-refractivity contribution >= 4 is 17.4 Å². The van der Waals surface area contributed by atoms with E-state index < -0.39 is 5.60 Å². The summed E-state index contributed by atoms with van der Waals surface area (Å²) in [7, 11) is 0. The van der Waals surface area contributed by atoms with Gasteiger partial charge in [-0.25, -0.2) is 0 Å². The van der Waals surface area contributed by atoms with Crippen molar-refractivity contribution in [3.05, 3.63) is 70.9 Å². The normalized spacial score (nSPS) is 16.8. The number of hydrogen-bond donors (Lipinski definition) is 3. The Morgan fingerprint density at radius 3 is 2.35 bits per heavy atom. The number of aromatic hydroxyl groups is 2. The average molecular weight is 374 g/mol. The molecule has 1 aliphatic heterocycles. The monoisotopic (exact) mass is 373 g/mol. The van der Waals surface area contributed by atoms with Gasteiger partial charge in [0.2, 0.25) is 0 Å². The zero-order valence-corrected chi connectivity index (χ0v) is 14.9. The van der Waals surface area contributed by atoms with Gasteiger partial charge in [-0.15, -0.1) is 0 Å². The number of ketones is 1. The van der Waals surface area contributed by atoms with Crippen LogP contribution in [-0.4, -0.2) is 39.1 Å². The summed E-state index contributed by atoms with van der Waals surface area (Å²) >= 11 is 5.90. The Hall–Kier alpha value is -2.50. The standard InChI is InChI=1S/C20H20ClNO4/c21-15-3-1-14(2-4-15)20(26)8-11-22(12-9-20)10-7-18(24)17-6-5-16(23)13-19(17)25/h1-7,10,13,23,25-26H,8-9,11-12H2/b10-7+. The van der Waals surface area contributed by atoms with E-state index in [2.05, 4.69) is 0 Å². The highest BCUT2D eigenvalue weighted by molar-refractivity contribution is 6.30. The van der Waals surface area contributed by atoms with Gasteiger partial charge >= 0.3 is 0 Å². The molecule has 0 amide bonds. The smallest absolute Gasteiger partial charge is 0.190 e. The van der Waals surface area contributed by atoms with Crippen LogP contribution in [0.3, 0.4) is 0 Å². The first-order valence-corrected chi connectivity index (χ1v) is 8.72. The maximum absolute atomic E-state index is 12.2. The van der Waals surface area contributed by atoms with Gasteiger partial charge in [-0.1, -0.05) is 23.7 Å². The number of likely N-dealkylation sites (tertiary alicyclic amines) is 1. The maximum Gasteiger partial charge on any atom is 0.190 e. The van der Waals surface area contributed by atoms with Crippen LogP contribution < -0.4 is 0 Å². The van der Waals surface area contributed by atoms with Crippen molar-refractivity contribution in [1.29, 1.82) is 0 Å². The Morgan fingerprint density at radius 2 is 1.73 bits per heavy atom. The number of carbonyl (C=O) groups is 1. The highest BCUT2D eigenvalue weighted by Gasteiger charge is 2.33. The van der Waals surface area contributed by atoms with Crippen molar-refractivity contribution in [2.45, 2.75) is 18.4 Å². The van der Waals surface area contributed by atoms with Crippen molar-refractivity contribution < 1.29 is 20.1 Å². The molecule has 2 aromatic rings. The number of rotatable bonds is 4. The minimum absolute atomic E-state index is 0.0967. The molecule has 1 saturated heterocycles. The van der Waals surface area contributed by atoms with Crippen LogP contribution in [-0.2, 0) is 5.60 Å². The fraction of sp³-hybridized carbons (Fsp3) is 0.250. The summed E-state index contributed by atoms with van der Waals surface area (Å²) in [6.45, 7) is 1.20. The van der Waals surface area contributed by atoms with Crippen LogP contribution in [0.15, 0.2) is 54.7 Å². The highest BCUT2D eigenvalue weighted by Crippen LogP contribution is 2.33. The fourth-order valence-electron chi connectivity index (χ4n) is 3.08. The summed E-state index contributed by atoms with van der Waals surface area (Å²) in [5.41, 5.74) is 0.0816. The van der Waals surface area contributed by atoms with Crippen LogP contribution in [0.4, 0.5) is 0 Å². The van der Waals surface area contributed by atoms with Gasteiger partial charge in [-0.3, -0.25) is 4.79 Å². The number of benzene rings is 2. The molecule has 1 heterocycles. The van der Waals surface area contributed by atoms with Crippen molar-refractivity contribution in [2.75, 3.05) is 13.1 Å². The van der Waals surface area contributed by atoms with E-state index in [1.54, 1.807) is 18.3 Å². The molecule has 1 fully saturated rings. The number of hydrogen-bond acceptors (Lipinski definition) is 5. The van der Waals surface area contributed by atoms with E-state index in [4.69, 9.17) is 11.6 Å². The number of aliphatic hydroxyl groups is 1. The molecule has 136 valence electrons. The van der Waals surface area contributed by atoms with Gasteiger partial charge in [0.25, 0.3) is 0 Å². The molecule has 0 aliphatic carbocycles. The lowest BCUT2D eigenvalue weighted by atomic mass is 9.84. The Balaban J connectivity index is 1.62. The number of nitrogens with zero attached hydrogens (tertiary/aromatic N) is 1. The summed E-state index contributed by atoms with van der Waals surface area (Å²) in [5.74, 6) is -0.697. The summed E-state index contributed by atoms with van der Waals surface area (Å²) in [4.78, 5) is 14.1. The van der Waals surface area contributed by atoms with Crippen LogP contribution >= 0.6 is 11.6 Å². The summed E-state index contributed by atoms with van der Waals surface area (Å²) in [5, 5.41) is 30.5. The highest BCUT2D eigenvalue weighted by atomic mass is 35.5. The van der Waals surface area contributed by atoms with Crippen molar-refractivity contribution in [3.8, 4) is 11.5 Å². The van der Waals surface area contributed by atoms with Gasteiger partial charge in [0.05, 0.1) is 11.2 Å². The van der Waals surface area contributed by atoms with Crippen molar-refractivity contribution in [3.63, 3.8) is 0 Å². The van der Waals surface area contributed by atoms with Gasteiger partial charge in [0.1, 0.15) is 11.5 Å². The minimum Gasteiger partial charge on any atom is -0.508 e. The molecule has 0 bridgehead atoms. The van der Waals surface area contributed by atoms with Gasteiger partial charge in [0.15, 0.2) is 5.78 Å². The Bertz CT molecular complexity index is 824. The lowest BCUT2D eigenvalue weighted by Gasteiger charge is -2.38. The van der Waals surface area contributed by atoms with Crippen molar-refractivity contribution in [2.24, 2.45) is 0 Å². The molecule has 0 saturated carbocycles. The summed E-state index contributed by atoms with van der Waals surface area (Å²) in [6.07, 6.45) is 4.14. The van der Waals surface area contributed by atoms with E-state index in [-0.39, 0.29) is 22.8 Å². The Kier molecular flexibility index (Phi) is 5.20. The molecule has 3 rings (SSSR count). The predicted molar refractivity (Wildman–Crippen MR) is 99.4 cm³/mol. The molecule has 1 aliphatic rings. The molecule has 0 spiro atoms. The number of piperidine rings is 1. The van der Waals surface area contributed by atoms with Gasteiger partial charge < -0.3 is 20.2 Å². The van der Waals surface area contributed by atoms with Gasteiger partial charge in [-0.05, 0) is 42.7 Å². The number of halogens is 1. The molecular weight excluding hydrogens is 354 g/mol. The zero-order valence-electron chi connectivity index (χ0n) is 14.1. The second kappa shape index (κ2) is 7.40. The molecule has 2 aromatic carbocycles. The number of allylic oxidation sites excluding steroid dienone is 1. The van der Waals surface area contributed by atoms with Crippen LogP contribution in [0, 0.1) is 0 Å². The molecule has 5 nitrogen and oxygen atoms in total. The van der Waals surface area contributed by atoms with Crippen LogP contribution in [0.2, 0.25) is 5.02 Å². The molecule has 0 radical (unpaired) electrons. The second-order valence-electron chi connectivity index (χ2n) is 6.46. The summed E-state index contributed by atoms with van der Waals surface area (Å²) in [6, 6.07) is 11.1. The van der Waals surface area contributed by atoms with E-state index in [0.29, 0.717) is 31.0 Å². The van der Waals surface area contributed by atoms with E-state index in [1.165, 1.54) is 18.2 Å². The second-order valence-corrected chi connectivity index (χ2v) is 6.89. The van der Waals surface area contributed by atoms with Crippen LogP contribution in [0.25, 0.3) is 0 Å². The Labute approximate surface area is 156 Å². The maximum atomic E-state index is 12.2. The Morgan fingerprint density at radius 1 is 1.08 bits per heavy atom. The van der Waals surface area contributed by atoms with E-state index >= 15 is 0 Å². The SMILES string of the molecule is O=C(/C=C/N1CCC(O)(c2ccc(Cl)cc2)CC1)c1ccc(O)cc1O. The fourth-order valence-corrected chi connectivity index (χ4v) is 3.21. The quantitative estimate of drug-likeness (QED) is 0.565. The third-order valence-corrected chi connectivity index (χ3v) is 4.94. The van der Waals surface area contributed by atoms with Gasteiger partial charge in [0, 0.05) is 36.5 Å². The summed E-state index contributed by atoms with van der Waals surface area (Å²) < 4.78 is 0. The van der Waals surface area contributed by atoms with Crippen LogP contribution in [0.5, 0.6) is 11.5 Å². The molecule has 0 aromatic heterocycles. The first-order chi connectivity index (χ1) is 12.4. The first kappa shape index (κ1) is 18.3. The topological polar surface area (TPSA) is 81.0 Å². The van der Waals surface area contributed by atoms with Gasteiger partial charge in [-0.2, -0.15) is 0 Å². The third kappa shape index (κ3) is 4.00. The number of phenols is 2. The lowest BCUT2D eigenvalue weighted by Crippen LogP contribution is -2.40. The molecule has 26 heavy (non-hydrogen) atoms. The van der Waals surface area contributed by atoms with E-state index in [1.807, 2.05) is 17.0 Å². The largest absolute Gasteiger partial charge is 0.508 e. The molecular formula is C20H20ClNO4. The zero-order chi connectivity index (χ0) is 18.7. The lowest BCUT2D eigenvalue weighted by molar-refractivity contribution is -0.0161.